The van der Waals surface area contributed by atoms with Gasteiger partial charge in [-0.05, 0) is 75.6 Å². The molecule has 26 heavy (non-hydrogen) atoms. The van der Waals surface area contributed by atoms with Gasteiger partial charge < -0.3 is 15.2 Å². The third-order valence-corrected chi connectivity index (χ3v) is 5.27. The van der Waals surface area contributed by atoms with Gasteiger partial charge >= 0.3 is 0 Å². The highest BCUT2D eigenvalue weighted by Gasteiger charge is 2.22. The number of anilines is 1. The molecule has 0 atom stereocenters. The van der Waals surface area contributed by atoms with Crippen LogP contribution in [0.4, 0.5) is 5.82 Å². The number of pyridine rings is 1. The summed E-state index contributed by atoms with van der Waals surface area (Å²) in [5.41, 5.74) is 5.03. The molecule has 2 aromatic heterocycles. The Hall–Kier alpha value is -2.66. The minimum Gasteiger partial charge on any atom is -0.360 e. The minimum atomic E-state index is -0.131. The molecule has 0 aliphatic carbocycles. The van der Waals surface area contributed by atoms with Gasteiger partial charge in [-0.25, -0.2) is 4.98 Å². The number of benzene rings is 1. The van der Waals surface area contributed by atoms with Gasteiger partial charge in [0.05, 0.1) is 11.0 Å². The van der Waals surface area contributed by atoms with E-state index in [1.807, 2.05) is 43.3 Å². The maximum atomic E-state index is 12.5. The molecule has 0 bridgehead atoms. The van der Waals surface area contributed by atoms with Gasteiger partial charge in [-0.3, -0.25) is 4.79 Å². The first kappa shape index (κ1) is 16.8. The normalized spacial score (nSPS) is 16.1. The lowest BCUT2D eigenvalue weighted by atomic mass is 9.91. The molecule has 2 N–H and O–H groups in total. The fourth-order valence-electron chi connectivity index (χ4n) is 3.61. The number of carbonyl (C=O) groups is 1. The maximum absolute atomic E-state index is 12.5. The zero-order valence-corrected chi connectivity index (χ0v) is 15.2. The van der Waals surface area contributed by atoms with Crippen LogP contribution < -0.4 is 5.32 Å². The molecule has 0 unspecified atom stereocenters. The fraction of sp³-hybridized carbons (Fsp3) is 0.333. The van der Waals surface area contributed by atoms with Gasteiger partial charge in [0.1, 0.15) is 5.82 Å². The Morgan fingerprint density at radius 3 is 2.62 bits per heavy atom. The molecule has 5 heteroatoms. The summed E-state index contributed by atoms with van der Waals surface area (Å²) in [6.07, 6.45) is 4.37. The highest BCUT2D eigenvalue weighted by Crippen LogP contribution is 2.32. The van der Waals surface area contributed by atoms with Gasteiger partial charge in [0, 0.05) is 11.8 Å². The van der Waals surface area contributed by atoms with E-state index < -0.39 is 0 Å². The Labute approximate surface area is 153 Å². The summed E-state index contributed by atoms with van der Waals surface area (Å²) in [7, 11) is 2.17. The molecule has 1 aliphatic rings. The molecule has 4 rings (SSSR count). The zero-order valence-electron chi connectivity index (χ0n) is 15.2. The van der Waals surface area contributed by atoms with Crippen LogP contribution in [-0.4, -0.2) is 40.9 Å². The molecule has 0 saturated carbocycles. The summed E-state index contributed by atoms with van der Waals surface area (Å²) in [5, 5.41) is 2.92. The Bertz CT molecular complexity index is 921. The quantitative estimate of drug-likeness (QED) is 0.754. The van der Waals surface area contributed by atoms with Crippen LogP contribution in [0, 0.1) is 6.92 Å². The average Bonchev–Trinajstić information content (AvgIpc) is 3.06. The van der Waals surface area contributed by atoms with E-state index in [4.69, 9.17) is 4.98 Å². The van der Waals surface area contributed by atoms with E-state index in [-0.39, 0.29) is 5.91 Å². The van der Waals surface area contributed by atoms with Gasteiger partial charge in [0.25, 0.3) is 5.91 Å². The van der Waals surface area contributed by atoms with E-state index in [0.29, 0.717) is 17.3 Å². The van der Waals surface area contributed by atoms with Crippen LogP contribution in [0.5, 0.6) is 0 Å². The van der Waals surface area contributed by atoms with Crippen molar-refractivity contribution in [2.75, 3.05) is 25.5 Å². The van der Waals surface area contributed by atoms with Crippen molar-refractivity contribution in [2.24, 2.45) is 0 Å². The molecule has 1 amide bonds. The lowest BCUT2D eigenvalue weighted by molar-refractivity contribution is 0.102. The molecule has 1 aliphatic heterocycles. The number of hydrogen-bond acceptors (Lipinski definition) is 3. The first-order chi connectivity index (χ1) is 12.6. The SMILES string of the molecule is Cc1ccc(C(=O)Nc2ccc3[nH]cc(C4CCN(C)CC4)c3n2)cc1. The predicted octanol–water partition coefficient (Wildman–Crippen LogP) is 3.93. The summed E-state index contributed by atoms with van der Waals surface area (Å²) < 4.78 is 0. The molecule has 1 fully saturated rings. The Morgan fingerprint density at radius 1 is 1.15 bits per heavy atom. The van der Waals surface area contributed by atoms with Gasteiger partial charge in [-0.2, -0.15) is 0 Å². The van der Waals surface area contributed by atoms with E-state index in [1.165, 1.54) is 5.56 Å². The third-order valence-electron chi connectivity index (χ3n) is 5.27. The highest BCUT2D eigenvalue weighted by atomic mass is 16.1. The van der Waals surface area contributed by atoms with E-state index in [9.17, 15) is 4.79 Å². The highest BCUT2D eigenvalue weighted by molar-refractivity contribution is 6.04. The van der Waals surface area contributed by atoms with Crippen molar-refractivity contribution in [3.05, 3.63) is 59.3 Å². The van der Waals surface area contributed by atoms with Crippen molar-refractivity contribution in [2.45, 2.75) is 25.7 Å². The smallest absolute Gasteiger partial charge is 0.256 e. The first-order valence-electron chi connectivity index (χ1n) is 9.15. The van der Waals surface area contributed by atoms with E-state index in [2.05, 4.69) is 28.4 Å². The Kier molecular flexibility index (Phi) is 4.47. The molecular weight excluding hydrogens is 324 g/mol. The Balaban J connectivity index is 1.57. The van der Waals surface area contributed by atoms with Crippen LogP contribution in [0.2, 0.25) is 0 Å². The molecule has 134 valence electrons. The molecule has 0 spiro atoms. The number of aromatic amines is 1. The summed E-state index contributed by atoms with van der Waals surface area (Å²) in [6.45, 7) is 4.23. The van der Waals surface area contributed by atoms with Crippen molar-refractivity contribution in [1.29, 1.82) is 0 Å². The van der Waals surface area contributed by atoms with Crippen LogP contribution in [-0.2, 0) is 0 Å². The number of hydrogen-bond donors (Lipinski definition) is 2. The van der Waals surface area contributed by atoms with Crippen molar-refractivity contribution < 1.29 is 4.79 Å². The number of amides is 1. The maximum Gasteiger partial charge on any atom is 0.256 e. The molecule has 5 nitrogen and oxygen atoms in total. The lowest BCUT2D eigenvalue weighted by Gasteiger charge is -2.28. The predicted molar refractivity (Wildman–Crippen MR) is 105 cm³/mol. The van der Waals surface area contributed by atoms with E-state index >= 15 is 0 Å². The van der Waals surface area contributed by atoms with Crippen LogP contribution in [0.15, 0.2) is 42.6 Å². The molecular formula is C21H24N4O. The lowest BCUT2D eigenvalue weighted by Crippen LogP contribution is -2.29. The van der Waals surface area contributed by atoms with Crippen LogP contribution in [0.1, 0.15) is 40.2 Å². The summed E-state index contributed by atoms with van der Waals surface area (Å²) in [5.74, 6) is 0.987. The van der Waals surface area contributed by atoms with E-state index in [0.717, 1.165) is 42.5 Å². The second kappa shape index (κ2) is 6.92. The van der Waals surface area contributed by atoms with Crippen molar-refractivity contribution >= 4 is 22.8 Å². The number of likely N-dealkylation sites (tertiary alicyclic amines) is 1. The molecule has 3 aromatic rings. The van der Waals surface area contributed by atoms with Crippen molar-refractivity contribution in [1.82, 2.24) is 14.9 Å². The number of piperidine rings is 1. The van der Waals surface area contributed by atoms with Gasteiger partial charge in [0.2, 0.25) is 0 Å². The summed E-state index contributed by atoms with van der Waals surface area (Å²) in [4.78, 5) is 22.9. The first-order valence-corrected chi connectivity index (χ1v) is 9.15. The minimum absolute atomic E-state index is 0.131. The monoisotopic (exact) mass is 348 g/mol. The van der Waals surface area contributed by atoms with Gasteiger partial charge in [-0.1, -0.05) is 17.7 Å². The number of H-pyrrole nitrogens is 1. The number of carbonyl (C=O) groups excluding carboxylic acids is 1. The van der Waals surface area contributed by atoms with E-state index in [1.54, 1.807) is 0 Å². The molecule has 3 heterocycles. The summed E-state index contributed by atoms with van der Waals surface area (Å²) >= 11 is 0. The molecule has 1 aromatic carbocycles. The van der Waals surface area contributed by atoms with Crippen molar-refractivity contribution in [3.8, 4) is 0 Å². The van der Waals surface area contributed by atoms with Gasteiger partial charge in [0.15, 0.2) is 0 Å². The number of rotatable bonds is 3. The van der Waals surface area contributed by atoms with Crippen LogP contribution in [0.3, 0.4) is 0 Å². The number of aromatic nitrogens is 2. The fourth-order valence-corrected chi connectivity index (χ4v) is 3.61. The average molecular weight is 348 g/mol. The Morgan fingerprint density at radius 2 is 1.88 bits per heavy atom. The van der Waals surface area contributed by atoms with Gasteiger partial charge in [-0.15, -0.1) is 0 Å². The number of nitrogens with zero attached hydrogens (tertiary/aromatic N) is 2. The molecule has 0 radical (unpaired) electrons. The molecule has 1 saturated heterocycles. The second-order valence-electron chi connectivity index (χ2n) is 7.23. The number of nitrogens with one attached hydrogen (secondary N) is 2. The number of aryl methyl sites for hydroxylation is 1. The standard InChI is InChI=1S/C21H24N4O/c1-14-3-5-16(6-4-14)21(26)24-19-8-7-18-20(23-19)17(13-22-18)15-9-11-25(2)12-10-15/h3-8,13,15,22H,9-12H2,1-2H3,(H,23,24,26). The zero-order chi connectivity index (χ0) is 18.1. The number of fused-ring (bicyclic) bond motifs is 1. The largest absolute Gasteiger partial charge is 0.360 e. The topological polar surface area (TPSA) is 61.0 Å². The van der Waals surface area contributed by atoms with Crippen LogP contribution >= 0.6 is 0 Å². The van der Waals surface area contributed by atoms with Crippen molar-refractivity contribution in [3.63, 3.8) is 0 Å². The third kappa shape index (κ3) is 3.35. The summed E-state index contributed by atoms with van der Waals surface area (Å²) in [6, 6.07) is 11.4. The van der Waals surface area contributed by atoms with Crippen LogP contribution in [0.25, 0.3) is 11.0 Å². The second-order valence-corrected chi connectivity index (χ2v) is 7.23.